The minimum atomic E-state index is -3.18. The van der Waals surface area contributed by atoms with Crippen LogP contribution in [-0.4, -0.2) is 31.9 Å². The van der Waals surface area contributed by atoms with E-state index in [1.54, 1.807) is 6.08 Å². The highest BCUT2D eigenvalue weighted by atomic mass is 32.2. The maximum atomic E-state index is 11.2. The van der Waals surface area contributed by atoms with Crippen LogP contribution in [0.2, 0.25) is 0 Å². The van der Waals surface area contributed by atoms with E-state index in [2.05, 4.69) is 11.3 Å². The zero-order chi connectivity index (χ0) is 11.0. The van der Waals surface area contributed by atoms with Gasteiger partial charge in [-0.05, 0) is 19.3 Å². The predicted molar refractivity (Wildman–Crippen MR) is 57.5 cm³/mol. The highest BCUT2D eigenvalue weighted by Crippen LogP contribution is 1.96. The van der Waals surface area contributed by atoms with Crippen LogP contribution in [0.15, 0.2) is 12.7 Å². The van der Waals surface area contributed by atoms with Crippen molar-refractivity contribution in [3.05, 3.63) is 12.7 Å². The zero-order valence-electron chi connectivity index (χ0n) is 8.57. The lowest BCUT2D eigenvalue weighted by atomic mass is 10.2. The van der Waals surface area contributed by atoms with E-state index < -0.39 is 16.1 Å². The summed E-state index contributed by atoms with van der Waals surface area (Å²) in [5.74, 6) is 0.0682. The van der Waals surface area contributed by atoms with Crippen LogP contribution in [-0.2, 0) is 10.0 Å². The molecule has 0 aliphatic carbocycles. The van der Waals surface area contributed by atoms with Gasteiger partial charge in [0.15, 0.2) is 0 Å². The van der Waals surface area contributed by atoms with Crippen LogP contribution in [0.5, 0.6) is 0 Å². The van der Waals surface area contributed by atoms with Gasteiger partial charge in [0.1, 0.15) is 0 Å². The largest absolute Gasteiger partial charge is 0.393 e. The molecule has 5 heteroatoms. The van der Waals surface area contributed by atoms with Crippen LogP contribution < -0.4 is 4.72 Å². The number of nitrogens with one attached hydrogen (secondary N) is 1. The predicted octanol–water partition coefficient (Wildman–Crippen LogP) is 0.643. The molecule has 0 saturated carbocycles. The minimum absolute atomic E-state index is 0.0682. The molecule has 14 heavy (non-hydrogen) atoms. The first-order chi connectivity index (χ1) is 6.52. The third kappa shape index (κ3) is 7.06. The highest BCUT2D eigenvalue weighted by molar-refractivity contribution is 7.89. The molecule has 1 unspecified atom stereocenters. The summed E-state index contributed by atoms with van der Waals surface area (Å²) in [4.78, 5) is 0. The summed E-state index contributed by atoms with van der Waals surface area (Å²) in [6, 6.07) is 0. The Kier molecular flexibility index (Phi) is 6.78. The average Bonchev–Trinajstić information content (AvgIpc) is 2.14. The number of rotatable bonds is 8. The minimum Gasteiger partial charge on any atom is -0.393 e. The summed E-state index contributed by atoms with van der Waals surface area (Å²) >= 11 is 0. The lowest BCUT2D eigenvalue weighted by Gasteiger charge is -2.08. The fourth-order valence-corrected chi connectivity index (χ4v) is 1.95. The maximum Gasteiger partial charge on any atom is 0.211 e. The van der Waals surface area contributed by atoms with Crippen LogP contribution in [0.1, 0.15) is 26.2 Å². The number of aliphatic hydroxyl groups is 1. The Hall–Kier alpha value is -0.390. The fraction of sp³-hybridized carbons (Fsp3) is 0.778. The second kappa shape index (κ2) is 6.98. The van der Waals surface area contributed by atoms with Crippen molar-refractivity contribution in [1.29, 1.82) is 0 Å². The quantitative estimate of drug-likeness (QED) is 0.591. The molecule has 0 aromatic carbocycles. The summed E-state index contributed by atoms with van der Waals surface area (Å²) < 4.78 is 24.9. The second-order valence-electron chi connectivity index (χ2n) is 3.14. The van der Waals surface area contributed by atoms with Gasteiger partial charge in [0, 0.05) is 6.54 Å². The molecule has 0 aromatic rings. The number of hydrogen-bond donors (Lipinski definition) is 2. The van der Waals surface area contributed by atoms with E-state index in [0.29, 0.717) is 25.8 Å². The molecule has 84 valence electrons. The molecular weight excluding hydrogens is 202 g/mol. The summed E-state index contributed by atoms with van der Waals surface area (Å²) in [6.07, 6.45) is 2.71. The molecule has 4 nitrogen and oxygen atoms in total. The van der Waals surface area contributed by atoms with Gasteiger partial charge in [-0.3, -0.25) is 0 Å². The second-order valence-corrected chi connectivity index (χ2v) is 5.07. The molecule has 0 amide bonds. The molecule has 1 atom stereocenters. The Morgan fingerprint density at radius 2 is 2.21 bits per heavy atom. The third-order valence-electron chi connectivity index (χ3n) is 1.86. The van der Waals surface area contributed by atoms with E-state index in [4.69, 9.17) is 0 Å². The van der Waals surface area contributed by atoms with Crippen molar-refractivity contribution in [3.63, 3.8) is 0 Å². The third-order valence-corrected chi connectivity index (χ3v) is 3.28. The SMILES string of the molecule is C=CCCS(=O)(=O)NCCC(O)CC. The van der Waals surface area contributed by atoms with E-state index >= 15 is 0 Å². The van der Waals surface area contributed by atoms with E-state index in [1.165, 1.54) is 0 Å². The molecule has 0 heterocycles. The number of allylic oxidation sites excluding steroid dienone is 1. The first kappa shape index (κ1) is 13.6. The summed E-state index contributed by atoms with van der Waals surface area (Å²) in [5.41, 5.74) is 0. The molecule has 0 radical (unpaired) electrons. The summed E-state index contributed by atoms with van der Waals surface area (Å²) in [6.45, 7) is 5.61. The van der Waals surface area contributed by atoms with Crippen LogP contribution in [0, 0.1) is 0 Å². The van der Waals surface area contributed by atoms with Crippen molar-refractivity contribution in [3.8, 4) is 0 Å². The zero-order valence-corrected chi connectivity index (χ0v) is 9.39. The standard InChI is InChI=1S/C9H19NO3S/c1-3-5-8-14(12,13)10-7-6-9(11)4-2/h3,9-11H,1,4-8H2,2H3. The Balaban J connectivity index is 3.71. The van der Waals surface area contributed by atoms with Crippen LogP contribution in [0.25, 0.3) is 0 Å². The molecule has 0 fully saturated rings. The van der Waals surface area contributed by atoms with Gasteiger partial charge in [-0.15, -0.1) is 6.58 Å². The number of hydrogen-bond acceptors (Lipinski definition) is 3. The van der Waals surface area contributed by atoms with Gasteiger partial charge in [-0.1, -0.05) is 13.0 Å². The Morgan fingerprint density at radius 3 is 2.71 bits per heavy atom. The van der Waals surface area contributed by atoms with Crippen molar-refractivity contribution < 1.29 is 13.5 Å². The smallest absolute Gasteiger partial charge is 0.211 e. The molecule has 0 aliphatic heterocycles. The number of sulfonamides is 1. The van der Waals surface area contributed by atoms with Crippen molar-refractivity contribution in [1.82, 2.24) is 4.72 Å². The van der Waals surface area contributed by atoms with Gasteiger partial charge in [-0.25, -0.2) is 13.1 Å². The van der Waals surface area contributed by atoms with Gasteiger partial charge in [0.25, 0.3) is 0 Å². The lowest BCUT2D eigenvalue weighted by Crippen LogP contribution is -2.29. The van der Waals surface area contributed by atoms with Crippen molar-refractivity contribution in [2.75, 3.05) is 12.3 Å². The fourth-order valence-electron chi connectivity index (χ4n) is 0.896. The molecule has 0 aliphatic rings. The van der Waals surface area contributed by atoms with E-state index in [-0.39, 0.29) is 5.75 Å². The first-order valence-corrected chi connectivity index (χ1v) is 6.43. The topological polar surface area (TPSA) is 66.4 Å². The molecule has 0 saturated heterocycles. The highest BCUT2D eigenvalue weighted by Gasteiger charge is 2.08. The Labute approximate surface area is 86.1 Å². The molecular formula is C9H19NO3S. The van der Waals surface area contributed by atoms with Crippen LogP contribution >= 0.6 is 0 Å². The molecule has 2 N–H and O–H groups in total. The van der Waals surface area contributed by atoms with Crippen molar-refractivity contribution in [2.24, 2.45) is 0 Å². The van der Waals surface area contributed by atoms with Gasteiger partial charge in [0.2, 0.25) is 10.0 Å². The monoisotopic (exact) mass is 221 g/mol. The van der Waals surface area contributed by atoms with Gasteiger partial charge in [-0.2, -0.15) is 0 Å². The molecule has 0 bridgehead atoms. The lowest BCUT2D eigenvalue weighted by molar-refractivity contribution is 0.162. The summed E-state index contributed by atoms with van der Waals surface area (Å²) in [7, 11) is -3.18. The Bertz CT molecular complexity index is 249. The van der Waals surface area contributed by atoms with Gasteiger partial charge in [0.05, 0.1) is 11.9 Å². The Morgan fingerprint density at radius 1 is 1.57 bits per heavy atom. The van der Waals surface area contributed by atoms with E-state index in [0.717, 1.165) is 0 Å². The van der Waals surface area contributed by atoms with Crippen molar-refractivity contribution in [2.45, 2.75) is 32.3 Å². The van der Waals surface area contributed by atoms with Gasteiger partial charge >= 0.3 is 0 Å². The molecule has 0 spiro atoms. The molecule has 0 rings (SSSR count). The van der Waals surface area contributed by atoms with Gasteiger partial charge < -0.3 is 5.11 Å². The first-order valence-electron chi connectivity index (χ1n) is 4.78. The van der Waals surface area contributed by atoms with Crippen molar-refractivity contribution >= 4 is 10.0 Å². The normalized spacial score (nSPS) is 13.9. The van der Waals surface area contributed by atoms with E-state index in [9.17, 15) is 13.5 Å². The molecule has 0 aromatic heterocycles. The average molecular weight is 221 g/mol. The van der Waals surface area contributed by atoms with Crippen LogP contribution in [0.3, 0.4) is 0 Å². The number of aliphatic hydroxyl groups excluding tert-OH is 1. The van der Waals surface area contributed by atoms with E-state index in [1.807, 2.05) is 6.92 Å². The maximum absolute atomic E-state index is 11.2. The van der Waals surface area contributed by atoms with Crippen LogP contribution in [0.4, 0.5) is 0 Å². The summed E-state index contributed by atoms with van der Waals surface area (Å²) in [5, 5.41) is 9.18.